The highest BCUT2D eigenvalue weighted by molar-refractivity contribution is 5.85. The first-order valence-corrected chi connectivity index (χ1v) is 9.67. The summed E-state index contributed by atoms with van der Waals surface area (Å²) in [7, 11) is 0. The molecule has 0 amide bonds. The van der Waals surface area contributed by atoms with Gasteiger partial charge in [-0.15, -0.1) is 0 Å². The molecule has 0 aliphatic heterocycles. The Morgan fingerprint density at radius 3 is 2.48 bits per heavy atom. The van der Waals surface area contributed by atoms with Gasteiger partial charge < -0.3 is 15.9 Å². The summed E-state index contributed by atoms with van der Waals surface area (Å²) in [5.41, 5.74) is 5.49. The first-order valence-electron chi connectivity index (χ1n) is 9.67. The maximum absolute atomic E-state index is 10.7. The average Bonchev–Trinajstić information content (AvgIpc) is 3.12. The van der Waals surface area contributed by atoms with Crippen LogP contribution in [0.2, 0.25) is 0 Å². The van der Waals surface area contributed by atoms with Crippen molar-refractivity contribution < 1.29 is 10.2 Å². The van der Waals surface area contributed by atoms with E-state index in [9.17, 15) is 10.2 Å². The molecule has 1 unspecified atom stereocenters. The molecule has 0 spiro atoms. The highest BCUT2D eigenvalue weighted by Gasteiger charge is 2.25. The molecule has 1 atom stereocenters. The number of anilines is 1. The van der Waals surface area contributed by atoms with Gasteiger partial charge in [-0.25, -0.2) is 9.67 Å². The van der Waals surface area contributed by atoms with Crippen molar-refractivity contribution in [3.05, 3.63) is 71.8 Å². The zero-order valence-electron chi connectivity index (χ0n) is 17.4. The third-order valence-corrected chi connectivity index (χ3v) is 4.75. The fourth-order valence-corrected chi connectivity index (χ4v) is 3.21. The Morgan fingerprint density at radius 2 is 1.81 bits per heavy atom. The Labute approximate surface area is 179 Å². The summed E-state index contributed by atoms with van der Waals surface area (Å²) in [4.78, 5) is 12.4. The minimum Gasteiger partial charge on any atom is -0.384 e. The Hall–Kier alpha value is -3.80. The fraction of sp³-hybridized carbons (Fsp3) is 0.217. The van der Waals surface area contributed by atoms with Gasteiger partial charge in [-0.3, -0.25) is 4.98 Å². The van der Waals surface area contributed by atoms with Crippen molar-refractivity contribution in [1.82, 2.24) is 24.7 Å². The van der Waals surface area contributed by atoms with Crippen LogP contribution in [-0.2, 0) is 11.2 Å². The van der Waals surface area contributed by atoms with Gasteiger partial charge in [0, 0.05) is 29.4 Å². The second-order valence-electron chi connectivity index (χ2n) is 7.86. The number of aromatic nitrogens is 5. The number of hydrogen-bond acceptors (Lipinski definition) is 7. The molecular weight excluding hydrogens is 392 g/mol. The number of nitrogens with two attached hydrogens (primary N) is 1. The summed E-state index contributed by atoms with van der Waals surface area (Å²) >= 11 is 0. The van der Waals surface area contributed by atoms with Gasteiger partial charge in [-0.1, -0.05) is 17.9 Å². The van der Waals surface area contributed by atoms with E-state index in [0.29, 0.717) is 28.3 Å². The second kappa shape index (κ2) is 7.47. The Morgan fingerprint density at radius 1 is 1.00 bits per heavy atom. The molecule has 4 rings (SSSR count). The van der Waals surface area contributed by atoms with Gasteiger partial charge in [0.25, 0.3) is 0 Å². The lowest BCUT2D eigenvalue weighted by atomic mass is 9.99. The molecular formula is C23H22N6O2. The first kappa shape index (κ1) is 20.5. The van der Waals surface area contributed by atoms with Crippen LogP contribution in [0.3, 0.4) is 0 Å². The van der Waals surface area contributed by atoms with Crippen molar-refractivity contribution in [1.29, 1.82) is 0 Å². The molecule has 4 N–H and O–H groups in total. The molecule has 8 heteroatoms. The van der Waals surface area contributed by atoms with E-state index in [1.165, 1.54) is 0 Å². The summed E-state index contributed by atoms with van der Waals surface area (Å²) in [6, 6.07) is 12.5. The number of fused-ring (bicyclic) bond motifs is 1. The van der Waals surface area contributed by atoms with Crippen LogP contribution in [0.5, 0.6) is 0 Å². The Kier molecular flexibility index (Phi) is 4.93. The molecule has 8 nitrogen and oxygen atoms in total. The number of benzene rings is 1. The molecule has 0 radical (unpaired) electrons. The average molecular weight is 414 g/mol. The molecule has 3 heterocycles. The molecule has 3 aromatic heterocycles. The van der Waals surface area contributed by atoms with Crippen molar-refractivity contribution in [2.45, 2.75) is 32.0 Å². The van der Waals surface area contributed by atoms with Crippen LogP contribution in [0, 0.1) is 11.8 Å². The summed E-state index contributed by atoms with van der Waals surface area (Å²) < 4.78 is 1.60. The summed E-state index contributed by atoms with van der Waals surface area (Å²) in [6.07, 6.45) is 3.16. The predicted molar refractivity (Wildman–Crippen MR) is 117 cm³/mol. The quantitative estimate of drug-likeness (QED) is 0.440. The molecule has 0 saturated heterocycles. The predicted octanol–water partition coefficient (Wildman–Crippen LogP) is 2.28. The van der Waals surface area contributed by atoms with Crippen LogP contribution in [0.25, 0.3) is 16.7 Å². The molecule has 0 bridgehead atoms. The SMILES string of the molecule is CC(C)(O)c1nn(-c2ccnc(N)n2)c2cc(C#CC(C)(O)c3ccccn3)ccc12. The third kappa shape index (κ3) is 4.10. The minimum absolute atomic E-state index is 0.119. The van der Waals surface area contributed by atoms with E-state index < -0.39 is 11.2 Å². The summed E-state index contributed by atoms with van der Waals surface area (Å²) in [6.45, 7) is 4.94. The first-order chi connectivity index (χ1) is 14.6. The molecule has 0 saturated carbocycles. The zero-order chi connectivity index (χ0) is 22.2. The van der Waals surface area contributed by atoms with Crippen LogP contribution in [-0.4, -0.2) is 34.9 Å². The van der Waals surface area contributed by atoms with Crippen molar-refractivity contribution >= 4 is 16.9 Å². The topological polar surface area (TPSA) is 123 Å². The molecule has 1 aromatic carbocycles. The van der Waals surface area contributed by atoms with Crippen molar-refractivity contribution in [3.63, 3.8) is 0 Å². The summed E-state index contributed by atoms with van der Waals surface area (Å²) in [5.74, 6) is 6.48. The summed E-state index contributed by atoms with van der Waals surface area (Å²) in [5, 5.41) is 26.7. The van der Waals surface area contributed by atoms with Crippen LogP contribution >= 0.6 is 0 Å². The minimum atomic E-state index is -1.41. The van der Waals surface area contributed by atoms with Crippen molar-refractivity contribution in [3.8, 4) is 17.7 Å². The normalized spacial score (nSPS) is 13.5. The van der Waals surface area contributed by atoms with E-state index in [2.05, 4.69) is 31.9 Å². The largest absolute Gasteiger partial charge is 0.384 e. The van der Waals surface area contributed by atoms with Crippen LogP contribution in [0.15, 0.2) is 54.9 Å². The van der Waals surface area contributed by atoms with Gasteiger partial charge in [0.05, 0.1) is 11.2 Å². The number of aliphatic hydroxyl groups is 2. The maximum Gasteiger partial charge on any atom is 0.221 e. The number of hydrogen-bond donors (Lipinski definition) is 3. The van der Waals surface area contributed by atoms with E-state index in [1.807, 2.05) is 18.2 Å². The van der Waals surface area contributed by atoms with Gasteiger partial charge in [-0.05, 0) is 51.1 Å². The smallest absolute Gasteiger partial charge is 0.221 e. The molecule has 156 valence electrons. The number of nitrogen functional groups attached to an aromatic ring is 1. The standard InChI is InChI=1S/C23H22N6O2/c1-22(2,30)20-16-8-7-15(9-11-23(3,31)18-6-4-5-12-25-18)14-17(16)29(28-20)19-10-13-26-21(24)27-19/h4-8,10,12-14,30-31H,1-3H3,(H2,24,26,27). The van der Waals surface area contributed by atoms with Crippen molar-refractivity contribution in [2.24, 2.45) is 0 Å². The van der Waals surface area contributed by atoms with E-state index in [1.54, 1.807) is 62.1 Å². The lowest BCUT2D eigenvalue weighted by Gasteiger charge is -2.15. The monoisotopic (exact) mass is 414 g/mol. The van der Waals surface area contributed by atoms with Gasteiger partial charge in [0.2, 0.25) is 5.95 Å². The second-order valence-corrected chi connectivity index (χ2v) is 7.86. The maximum atomic E-state index is 10.7. The number of pyridine rings is 1. The van der Waals surface area contributed by atoms with Crippen molar-refractivity contribution in [2.75, 3.05) is 5.73 Å². The number of nitrogens with zero attached hydrogens (tertiary/aromatic N) is 5. The Balaban J connectivity index is 1.85. The Bertz CT molecular complexity index is 1310. The lowest BCUT2D eigenvalue weighted by Crippen LogP contribution is -2.19. The molecule has 4 aromatic rings. The lowest BCUT2D eigenvalue weighted by molar-refractivity contribution is 0.0749. The zero-order valence-corrected chi connectivity index (χ0v) is 17.4. The van der Waals surface area contributed by atoms with Crippen LogP contribution < -0.4 is 5.73 Å². The van der Waals surface area contributed by atoms with Gasteiger partial charge >= 0.3 is 0 Å². The van der Waals surface area contributed by atoms with Crippen LogP contribution in [0.4, 0.5) is 5.95 Å². The van der Waals surface area contributed by atoms with E-state index in [4.69, 9.17) is 5.73 Å². The molecule has 0 aliphatic carbocycles. The fourth-order valence-electron chi connectivity index (χ4n) is 3.21. The van der Waals surface area contributed by atoms with E-state index >= 15 is 0 Å². The highest BCUT2D eigenvalue weighted by Crippen LogP contribution is 2.30. The molecule has 31 heavy (non-hydrogen) atoms. The number of rotatable bonds is 3. The molecule has 0 fully saturated rings. The van der Waals surface area contributed by atoms with Gasteiger partial charge in [-0.2, -0.15) is 10.1 Å². The highest BCUT2D eigenvalue weighted by atomic mass is 16.3. The van der Waals surface area contributed by atoms with Crippen LogP contribution in [0.1, 0.15) is 37.7 Å². The van der Waals surface area contributed by atoms with Gasteiger partial charge in [0.1, 0.15) is 11.3 Å². The van der Waals surface area contributed by atoms with Gasteiger partial charge in [0.15, 0.2) is 11.4 Å². The third-order valence-electron chi connectivity index (χ3n) is 4.75. The van der Waals surface area contributed by atoms with E-state index in [0.717, 1.165) is 5.39 Å². The van der Waals surface area contributed by atoms with E-state index in [-0.39, 0.29) is 5.95 Å². The molecule has 0 aliphatic rings.